The summed E-state index contributed by atoms with van der Waals surface area (Å²) >= 11 is 2.00. The van der Waals surface area contributed by atoms with Crippen molar-refractivity contribution in [2.45, 2.75) is 6.54 Å². The lowest BCUT2D eigenvalue weighted by atomic mass is 10.3. The molecule has 1 heterocycles. The van der Waals surface area contributed by atoms with Crippen molar-refractivity contribution in [3.8, 4) is 0 Å². The first kappa shape index (κ1) is 12.7. The van der Waals surface area contributed by atoms with Gasteiger partial charge in [-0.05, 0) is 34.7 Å². The summed E-state index contributed by atoms with van der Waals surface area (Å²) in [4.78, 5) is 23.2. The fraction of sp³-hybridized carbons (Fsp3) is 0.0833. The summed E-state index contributed by atoms with van der Waals surface area (Å²) in [5.41, 5.74) is 0.408. The maximum Gasteiger partial charge on any atom is 0.268 e. The zero-order valence-corrected chi connectivity index (χ0v) is 11.5. The Morgan fingerprint density at radius 1 is 1.33 bits per heavy atom. The van der Waals surface area contributed by atoms with Crippen LogP contribution >= 0.6 is 22.6 Å². The van der Waals surface area contributed by atoms with Crippen LogP contribution in [0.1, 0.15) is 0 Å². The molecule has 0 spiro atoms. The number of aromatic nitrogens is 2. The highest BCUT2D eigenvalue weighted by molar-refractivity contribution is 14.1. The van der Waals surface area contributed by atoms with Gasteiger partial charge in [-0.2, -0.15) is 5.10 Å². The van der Waals surface area contributed by atoms with Gasteiger partial charge in [0.15, 0.2) is 0 Å². The number of hydrogen-bond donors (Lipinski definition) is 1. The molecule has 0 bridgehead atoms. The highest BCUT2D eigenvalue weighted by Gasteiger charge is 2.05. The Balaban J connectivity index is 2.06. The third-order valence-corrected chi connectivity index (χ3v) is 2.78. The zero-order chi connectivity index (χ0) is 13.0. The molecule has 1 amide bonds. The van der Waals surface area contributed by atoms with E-state index in [2.05, 4.69) is 10.4 Å². The average molecular weight is 355 g/mol. The molecule has 0 radical (unpaired) electrons. The summed E-state index contributed by atoms with van der Waals surface area (Å²) < 4.78 is 1.87. The van der Waals surface area contributed by atoms with Crippen molar-refractivity contribution in [1.29, 1.82) is 0 Å². The number of nitrogens with one attached hydrogen (secondary N) is 1. The van der Waals surface area contributed by atoms with Crippen LogP contribution in [0.4, 0.5) is 5.69 Å². The van der Waals surface area contributed by atoms with Gasteiger partial charge in [0.2, 0.25) is 5.91 Å². The molecule has 0 atom stereocenters. The quantitative estimate of drug-likeness (QED) is 0.849. The van der Waals surface area contributed by atoms with E-state index < -0.39 is 0 Å². The first-order chi connectivity index (χ1) is 8.65. The summed E-state index contributed by atoms with van der Waals surface area (Å²) in [5, 5.41) is 6.59. The van der Waals surface area contributed by atoms with Crippen LogP contribution in [0.3, 0.4) is 0 Å². The fourth-order valence-corrected chi connectivity index (χ4v) is 1.78. The summed E-state index contributed by atoms with van der Waals surface area (Å²) in [6.45, 7) is -0.0926. The Bertz CT molecular complexity index is 610. The minimum absolute atomic E-state index is 0.0926. The second-order valence-electron chi connectivity index (χ2n) is 3.58. The van der Waals surface area contributed by atoms with E-state index in [-0.39, 0.29) is 18.0 Å². The van der Waals surface area contributed by atoms with E-state index in [9.17, 15) is 9.59 Å². The molecular weight excluding hydrogens is 345 g/mol. The van der Waals surface area contributed by atoms with E-state index in [0.717, 1.165) is 8.25 Å². The molecule has 0 fully saturated rings. The molecule has 2 rings (SSSR count). The Morgan fingerprint density at radius 2 is 2.06 bits per heavy atom. The van der Waals surface area contributed by atoms with Crippen LogP contribution in [0.15, 0.2) is 47.4 Å². The molecule has 92 valence electrons. The fourth-order valence-electron chi connectivity index (χ4n) is 1.39. The number of carbonyl (C=O) groups is 1. The van der Waals surface area contributed by atoms with Gasteiger partial charge in [-0.25, -0.2) is 4.68 Å². The molecular formula is C12H10IN3O2. The molecule has 5 nitrogen and oxygen atoms in total. The average Bonchev–Trinajstić information content (AvgIpc) is 2.34. The highest BCUT2D eigenvalue weighted by Crippen LogP contribution is 2.04. The molecule has 6 heteroatoms. The number of amides is 1. The first-order valence-electron chi connectivity index (χ1n) is 5.23. The second kappa shape index (κ2) is 5.76. The number of para-hydroxylation sites is 1. The normalized spacial score (nSPS) is 10.1. The lowest BCUT2D eigenvalue weighted by Crippen LogP contribution is -2.29. The van der Waals surface area contributed by atoms with Gasteiger partial charge in [0.1, 0.15) is 6.54 Å². The van der Waals surface area contributed by atoms with Crippen molar-refractivity contribution in [1.82, 2.24) is 9.78 Å². The Kier molecular flexibility index (Phi) is 4.08. The minimum Gasteiger partial charge on any atom is -0.324 e. The molecule has 0 saturated carbocycles. The third kappa shape index (κ3) is 3.39. The number of rotatable bonds is 3. The van der Waals surface area contributed by atoms with Crippen molar-refractivity contribution < 1.29 is 4.79 Å². The van der Waals surface area contributed by atoms with Crippen LogP contribution in [0.2, 0.25) is 0 Å². The van der Waals surface area contributed by atoms with Crippen molar-refractivity contribution in [2.24, 2.45) is 0 Å². The van der Waals surface area contributed by atoms with Gasteiger partial charge in [0.25, 0.3) is 5.56 Å². The number of anilines is 1. The minimum atomic E-state index is -0.287. The van der Waals surface area contributed by atoms with E-state index in [1.54, 1.807) is 12.1 Å². The van der Waals surface area contributed by atoms with Crippen molar-refractivity contribution >= 4 is 34.2 Å². The predicted octanol–water partition coefficient (Wildman–Crippen LogP) is 1.49. The highest BCUT2D eigenvalue weighted by atomic mass is 127. The molecule has 1 aromatic carbocycles. The van der Waals surface area contributed by atoms with Gasteiger partial charge in [-0.3, -0.25) is 9.59 Å². The zero-order valence-electron chi connectivity index (χ0n) is 9.34. The Hall–Kier alpha value is -1.70. The van der Waals surface area contributed by atoms with Gasteiger partial charge in [0.05, 0.1) is 6.20 Å². The lowest BCUT2D eigenvalue weighted by Gasteiger charge is -2.06. The van der Waals surface area contributed by atoms with Gasteiger partial charge < -0.3 is 5.32 Å². The Labute approximate surface area is 117 Å². The number of halogens is 1. The summed E-state index contributed by atoms with van der Waals surface area (Å²) in [6.07, 6.45) is 1.54. The van der Waals surface area contributed by atoms with Crippen molar-refractivity contribution in [3.63, 3.8) is 0 Å². The summed E-state index contributed by atoms with van der Waals surface area (Å²) in [5.74, 6) is -0.281. The number of carbonyl (C=O) groups excluding carboxylic acids is 1. The second-order valence-corrected chi connectivity index (χ2v) is 4.83. The SMILES string of the molecule is O=C(Cn1ncc(I)cc1=O)Nc1ccccc1. The van der Waals surface area contributed by atoms with Gasteiger partial charge >= 0.3 is 0 Å². The molecule has 0 aliphatic heterocycles. The van der Waals surface area contributed by atoms with E-state index in [0.29, 0.717) is 5.69 Å². The molecule has 1 aromatic heterocycles. The van der Waals surface area contributed by atoms with Crippen LogP contribution in [-0.2, 0) is 11.3 Å². The Morgan fingerprint density at radius 3 is 2.72 bits per heavy atom. The van der Waals surface area contributed by atoms with Gasteiger partial charge in [-0.15, -0.1) is 0 Å². The standard InChI is InChI=1S/C12H10IN3O2/c13-9-6-12(18)16(14-7-9)8-11(17)15-10-4-2-1-3-5-10/h1-7H,8H2,(H,15,17). The summed E-state index contributed by atoms with van der Waals surface area (Å²) in [7, 11) is 0. The van der Waals surface area contributed by atoms with Gasteiger partial charge in [0, 0.05) is 15.3 Å². The number of hydrogen-bond acceptors (Lipinski definition) is 3. The topological polar surface area (TPSA) is 64.0 Å². The van der Waals surface area contributed by atoms with E-state index >= 15 is 0 Å². The monoisotopic (exact) mass is 355 g/mol. The number of benzene rings is 1. The molecule has 2 aromatic rings. The molecule has 0 aliphatic carbocycles. The molecule has 0 unspecified atom stereocenters. The lowest BCUT2D eigenvalue weighted by molar-refractivity contribution is -0.117. The van der Waals surface area contributed by atoms with Crippen molar-refractivity contribution in [3.05, 3.63) is 56.5 Å². The number of nitrogens with zero attached hydrogens (tertiary/aromatic N) is 2. The third-order valence-electron chi connectivity index (χ3n) is 2.19. The smallest absolute Gasteiger partial charge is 0.268 e. The maximum atomic E-state index is 11.7. The van der Waals surface area contributed by atoms with Crippen LogP contribution in [0, 0.1) is 3.57 Å². The first-order valence-corrected chi connectivity index (χ1v) is 6.30. The van der Waals surface area contributed by atoms with Crippen molar-refractivity contribution in [2.75, 3.05) is 5.32 Å². The molecule has 0 aliphatic rings. The van der Waals surface area contributed by atoms with Crippen LogP contribution in [-0.4, -0.2) is 15.7 Å². The van der Waals surface area contributed by atoms with E-state index in [1.807, 2.05) is 40.8 Å². The maximum absolute atomic E-state index is 11.7. The predicted molar refractivity (Wildman–Crippen MR) is 76.3 cm³/mol. The largest absolute Gasteiger partial charge is 0.324 e. The van der Waals surface area contributed by atoms with Crippen LogP contribution in [0.5, 0.6) is 0 Å². The van der Waals surface area contributed by atoms with Gasteiger partial charge in [-0.1, -0.05) is 18.2 Å². The molecule has 0 saturated heterocycles. The molecule has 18 heavy (non-hydrogen) atoms. The molecule has 1 N–H and O–H groups in total. The van der Waals surface area contributed by atoms with Crippen LogP contribution < -0.4 is 10.9 Å². The van der Waals surface area contributed by atoms with E-state index in [1.165, 1.54) is 12.3 Å². The van der Waals surface area contributed by atoms with Crippen LogP contribution in [0.25, 0.3) is 0 Å². The summed E-state index contributed by atoms with van der Waals surface area (Å²) in [6, 6.07) is 10.5. The van der Waals surface area contributed by atoms with E-state index in [4.69, 9.17) is 0 Å².